The average Bonchev–Trinajstić information content (AvgIpc) is 3.13. The zero-order valence-corrected chi connectivity index (χ0v) is 15.7. The normalized spacial score (nSPS) is 22.3. The van der Waals surface area contributed by atoms with Crippen molar-refractivity contribution in [3.63, 3.8) is 0 Å². The second-order valence-corrected chi connectivity index (χ2v) is 7.76. The minimum atomic E-state index is -0.800. The Morgan fingerprint density at radius 2 is 1.78 bits per heavy atom. The smallest absolute Gasteiger partial charge is 0.157 e. The van der Waals surface area contributed by atoms with Gasteiger partial charge in [0.25, 0.3) is 0 Å². The van der Waals surface area contributed by atoms with Crippen LogP contribution in [0.3, 0.4) is 0 Å². The first-order valence-electron chi connectivity index (χ1n) is 9.20. The van der Waals surface area contributed by atoms with Gasteiger partial charge in [0.1, 0.15) is 5.82 Å². The van der Waals surface area contributed by atoms with E-state index in [0.717, 1.165) is 36.5 Å². The van der Waals surface area contributed by atoms with Crippen LogP contribution in [-0.4, -0.2) is 35.4 Å². The topological polar surface area (TPSA) is 45.1 Å². The molecule has 0 saturated carbocycles. The van der Waals surface area contributed by atoms with E-state index >= 15 is 0 Å². The minimum absolute atomic E-state index is 0.142. The van der Waals surface area contributed by atoms with Gasteiger partial charge in [-0.3, -0.25) is 4.90 Å². The molecule has 1 atom stereocenters. The molecule has 142 valence electrons. The Kier molecular flexibility index (Phi) is 5.17. The molecule has 0 aliphatic carbocycles. The fourth-order valence-electron chi connectivity index (χ4n) is 3.76. The Hall–Kier alpha value is -1.95. The van der Waals surface area contributed by atoms with Crippen molar-refractivity contribution in [2.75, 3.05) is 19.6 Å². The third-order valence-electron chi connectivity index (χ3n) is 5.44. The highest BCUT2D eigenvalue weighted by atomic mass is 35.5. The Balaban J connectivity index is 1.31. The molecule has 6 heteroatoms. The molecular weight excluding hydrogens is 367 g/mol. The molecule has 2 aromatic rings. The molecule has 0 amide bonds. The number of halogens is 2. The van der Waals surface area contributed by atoms with Gasteiger partial charge < -0.3 is 9.94 Å². The molecular formula is C21H22ClFN2O2. The highest BCUT2D eigenvalue weighted by Gasteiger charge is 2.35. The summed E-state index contributed by atoms with van der Waals surface area (Å²) in [5, 5.41) is 15.9. The van der Waals surface area contributed by atoms with Gasteiger partial charge in [0.05, 0.1) is 11.3 Å². The van der Waals surface area contributed by atoms with Crippen LogP contribution in [0.2, 0.25) is 5.02 Å². The van der Waals surface area contributed by atoms with Crippen molar-refractivity contribution in [3.8, 4) is 0 Å². The van der Waals surface area contributed by atoms with Crippen LogP contribution in [0.1, 0.15) is 36.5 Å². The average molecular weight is 389 g/mol. The lowest BCUT2D eigenvalue weighted by Gasteiger charge is -2.38. The van der Waals surface area contributed by atoms with Gasteiger partial charge in [-0.05, 0) is 48.2 Å². The van der Waals surface area contributed by atoms with E-state index in [1.807, 2.05) is 24.3 Å². The lowest BCUT2D eigenvalue weighted by Crippen LogP contribution is -2.44. The maximum atomic E-state index is 13.1. The molecule has 4 rings (SSSR count). The summed E-state index contributed by atoms with van der Waals surface area (Å²) in [4.78, 5) is 7.82. The Labute approximate surface area is 163 Å². The van der Waals surface area contributed by atoms with E-state index in [4.69, 9.17) is 16.4 Å². The number of hydrogen-bond donors (Lipinski definition) is 1. The molecule has 0 bridgehead atoms. The first-order chi connectivity index (χ1) is 13.0. The van der Waals surface area contributed by atoms with Crippen LogP contribution in [0.5, 0.6) is 0 Å². The predicted octanol–water partition coefficient (Wildman–Crippen LogP) is 4.28. The van der Waals surface area contributed by atoms with Gasteiger partial charge in [-0.15, -0.1) is 0 Å². The molecule has 2 aromatic carbocycles. The first-order valence-corrected chi connectivity index (χ1v) is 9.57. The van der Waals surface area contributed by atoms with Crippen LogP contribution in [0.4, 0.5) is 4.39 Å². The maximum Gasteiger partial charge on any atom is 0.157 e. The Morgan fingerprint density at radius 1 is 1.11 bits per heavy atom. The zero-order valence-electron chi connectivity index (χ0n) is 14.9. The number of oxime groups is 1. The standard InChI is InChI=1S/C21H22ClFN2O2/c22-17-5-3-16(4-6-17)21(26)9-11-25(12-10-21)14-19-13-20(27-24-19)15-1-7-18(23)8-2-15/h1-8,20,26H,9-14H2. The summed E-state index contributed by atoms with van der Waals surface area (Å²) in [5.74, 6) is -0.251. The largest absolute Gasteiger partial charge is 0.387 e. The van der Waals surface area contributed by atoms with Crippen LogP contribution in [-0.2, 0) is 10.4 Å². The van der Waals surface area contributed by atoms with Crippen molar-refractivity contribution in [1.29, 1.82) is 0 Å². The fraction of sp³-hybridized carbons (Fsp3) is 0.381. The van der Waals surface area contributed by atoms with Crippen LogP contribution < -0.4 is 0 Å². The molecule has 2 heterocycles. The molecule has 2 aliphatic heterocycles. The van der Waals surface area contributed by atoms with E-state index in [2.05, 4.69) is 10.1 Å². The van der Waals surface area contributed by atoms with Gasteiger partial charge in [-0.1, -0.05) is 41.0 Å². The van der Waals surface area contributed by atoms with Crippen molar-refractivity contribution < 1.29 is 14.3 Å². The lowest BCUT2D eigenvalue weighted by atomic mass is 9.84. The van der Waals surface area contributed by atoms with Crippen LogP contribution in [0, 0.1) is 5.82 Å². The van der Waals surface area contributed by atoms with Gasteiger partial charge in [0.2, 0.25) is 0 Å². The SMILES string of the molecule is OC1(c2ccc(Cl)cc2)CCN(CC2=NOC(c3ccc(F)cc3)C2)CC1. The minimum Gasteiger partial charge on any atom is -0.387 e. The number of benzene rings is 2. The molecule has 1 fully saturated rings. The monoisotopic (exact) mass is 388 g/mol. The number of aliphatic hydroxyl groups is 1. The highest BCUT2D eigenvalue weighted by Crippen LogP contribution is 2.34. The third-order valence-corrected chi connectivity index (χ3v) is 5.69. The summed E-state index contributed by atoms with van der Waals surface area (Å²) >= 11 is 5.94. The molecule has 0 radical (unpaired) electrons. The summed E-state index contributed by atoms with van der Waals surface area (Å²) in [6.45, 7) is 2.31. The van der Waals surface area contributed by atoms with Crippen molar-refractivity contribution in [3.05, 3.63) is 70.5 Å². The number of likely N-dealkylation sites (tertiary alicyclic amines) is 1. The first kappa shape index (κ1) is 18.4. The Bertz CT molecular complexity index is 815. The Morgan fingerprint density at radius 3 is 2.44 bits per heavy atom. The second kappa shape index (κ2) is 7.58. The van der Waals surface area contributed by atoms with E-state index in [1.165, 1.54) is 12.1 Å². The second-order valence-electron chi connectivity index (χ2n) is 7.32. The summed E-state index contributed by atoms with van der Waals surface area (Å²) in [5.41, 5.74) is 2.04. The van der Waals surface area contributed by atoms with E-state index in [0.29, 0.717) is 24.3 Å². The third kappa shape index (κ3) is 4.15. The summed E-state index contributed by atoms with van der Waals surface area (Å²) in [7, 11) is 0. The van der Waals surface area contributed by atoms with E-state index < -0.39 is 5.60 Å². The predicted molar refractivity (Wildman–Crippen MR) is 103 cm³/mol. The summed E-state index contributed by atoms with van der Waals surface area (Å²) in [6, 6.07) is 13.8. The van der Waals surface area contributed by atoms with Crippen molar-refractivity contribution in [1.82, 2.24) is 4.90 Å². The van der Waals surface area contributed by atoms with Crippen LogP contribution in [0.25, 0.3) is 0 Å². The molecule has 4 nitrogen and oxygen atoms in total. The van der Waals surface area contributed by atoms with Gasteiger partial charge in [0, 0.05) is 31.1 Å². The van der Waals surface area contributed by atoms with Gasteiger partial charge >= 0.3 is 0 Å². The van der Waals surface area contributed by atoms with Crippen LogP contribution >= 0.6 is 11.6 Å². The quantitative estimate of drug-likeness (QED) is 0.850. The number of piperidine rings is 1. The maximum absolute atomic E-state index is 13.1. The molecule has 2 aliphatic rings. The van der Waals surface area contributed by atoms with Crippen molar-refractivity contribution in [2.24, 2.45) is 5.16 Å². The zero-order chi connectivity index (χ0) is 18.9. The number of rotatable bonds is 4. The summed E-state index contributed by atoms with van der Waals surface area (Å²) in [6.07, 6.45) is 1.91. The highest BCUT2D eigenvalue weighted by molar-refractivity contribution is 6.30. The number of nitrogens with zero attached hydrogens (tertiary/aromatic N) is 2. The molecule has 1 N–H and O–H groups in total. The molecule has 1 saturated heterocycles. The number of hydrogen-bond acceptors (Lipinski definition) is 4. The summed E-state index contributed by atoms with van der Waals surface area (Å²) < 4.78 is 13.1. The molecule has 1 unspecified atom stereocenters. The fourth-order valence-corrected chi connectivity index (χ4v) is 3.89. The molecule has 27 heavy (non-hydrogen) atoms. The van der Waals surface area contributed by atoms with Crippen LogP contribution in [0.15, 0.2) is 53.7 Å². The van der Waals surface area contributed by atoms with Gasteiger partial charge in [-0.25, -0.2) is 4.39 Å². The van der Waals surface area contributed by atoms with Gasteiger partial charge in [0.15, 0.2) is 6.10 Å². The van der Waals surface area contributed by atoms with E-state index in [9.17, 15) is 9.50 Å². The van der Waals surface area contributed by atoms with Gasteiger partial charge in [-0.2, -0.15) is 0 Å². The van der Waals surface area contributed by atoms with E-state index in [1.54, 1.807) is 12.1 Å². The lowest BCUT2D eigenvalue weighted by molar-refractivity contribution is -0.0226. The molecule has 0 spiro atoms. The van der Waals surface area contributed by atoms with Crippen molar-refractivity contribution in [2.45, 2.75) is 31.0 Å². The molecule has 0 aromatic heterocycles. The van der Waals surface area contributed by atoms with Crippen molar-refractivity contribution >= 4 is 17.3 Å². The van der Waals surface area contributed by atoms with E-state index in [-0.39, 0.29) is 11.9 Å².